The van der Waals surface area contributed by atoms with Gasteiger partial charge in [-0.15, -0.1) is 0 Å². The molecule has 0 radical (unpaired) electrons. The van der Waals surface area contributed by atoms with Crippen molar-refractivity contribution in [3.63, 3.8) is 0 Å². The van der Waals surface area contributed by atoms with E-state index in [2.05, 4.69) is 17.0 Å². The van der Waals surface area contributed by atoms with Gasteiger partial charge in [0, 0.05) is 27.2 Å². The lowest BCUT2D eigenvalue weighted by Crippen LogP contribution is -2.59. The lowest BCUT2D eigenvalue weighted by atomic mass is 9.66. The van der Waals surface area contributed by atoms with Gasteiger partial charge in [0.15, 0.2) is 11.5 Å². The average molecular weight is 359 g/mol. The Morgan fingerprint density at radius 1 is 1.12 bits per heavy atom. The van der Waals surface area contributed by atoms with Crippen molar-refractivity contribution in [3.05, 3.63) is 23.3 Å². The zero-order valence-electron chi connectivity index (χ0n) is 15.3. The van der Waals surface area contributed by atoms with Crippen molar-refractivity contribution < 1.29 is 23.7 Å². The van der Waals surface area contributed by atoms with Crippen LogP contribution in [0.15, 0.2) is 12.1 Å². The Morgan fingerprint density at radius 3 is 2.77 bits per heavy atom. The quantitative estimate of drug-likeness (QED) is 0.751. The maximum absolute atomic E-state index is 6.50. The molecule has 0 unspecified atom stereocenters. The second kappa shape index (κ2) is 5.13. The van der Waals surface area contributed by atoms with Crippen molar-refractivity contribution >= 4 is 0 Å². The minimum atomic E-state index is -0.157. The molecular weight excluding hydrogens is 334 g/mol. The molecule has 1 aromatic rings. The molecule has 6 nitrogen and oxygen atoms in total. The molecule has 1 saturated carbocycles. The number of nitrogens with zero attached hydrogens (tertiary/aromatic N) is 1. The van der Waals surface area contributed by atoms with Crippen molar-refractivity contribution in [3.8, 4) is 11.5 Å². The molecular formula is C20H25NO5. The largest absolute Gasteiger partial charge is 0.454 e. The molecule has 6 heteroatoms. The molecule has 4 heterocycles. The van der Waals surface area contributed by atoms with Crippen LogP contribution in [0.4, 0.5) is 0 Å². The number of hydrogen-bond acceptors (Lipinski definition) is 6. The lowest BCUT2D eigenvalue weighted by molar-refractivity contribution is -0.0902. The average Bonchev–Trinajstić information content (AvgIpc) is 3.13. The summed E-state index contributed by atoms with van der Waals surface area (Å²) in [5.41, 5.74) is 2.42. The van der Waals surface area contributed by atoms with Gasteiger partial charge in [-0.3, -0.25) is 4.90 Å². The predicted octanol–water partition coefficient (Wildman–Crippen LogP) is 1.83. The van der Waals surface area contributed by atoms with Crippen molar-refractivity contribution in [2.24, 2.45) is 0 Å². The van der Waals surface area contributed by atoms with Crippen LogP contribution in [0.1, 0.15) is 30.4 Å². The molecule has 1 aromatic carbocycles. The highest BCUT2D eigenvalue weighted by atomic mass is 16.7. The summed E-state index contributed by atoms with van der Waals surface area (Å²) >= 11 is 0. The van der Waals surface area contributed by atoms with Gasteiger partial charge >= 0.3 is 0 Å². The maximum Gasteiger partial charge on any atom is 0.231 e. The van der Waals surface area contributed by atoms with E-state index in [0.717, 1.165) is 50.3 Å². The van der Waals surface area contributed by atoms with Gasteiger partial charge < -0.3 is 23.7 Å². The number of benzene rings is 1. The summed E-state index contributed by atoms with van der Waals surface area (Å²) in [6.45, 7) is 2.47. The Balaban J connectivity index is 1.56. The second-order valence-electron chi connectivity index (χ2n) is 8.17. The van der Waals surface area contributed by atoms with Gasteiger partial charge in [-0.05, 0) is 49.1 Å². The Hall–Kier alpha value is -1.34. The van der Waals surface area contributed by atoms with Crippen LogP contribution in [0.2, 0.25) is 0 Å². The van der Waals surface area contributed by atoms with E-state index >= 15 is 0 Å². The second-order valence-corrected chi connectivity index (χ2v) is 8.17. The summed E-state index contributed by atoms with van der Waals surface area (Å²) in [5.74, 6) is 1.74. The summed E-state index contributed by atoms with van der Waals surface area (Å²) in [6.07, 6.45) is 4.31. The summed E-state index contributed by atoms with van der Waals surface area (Å²) in [4.78, 5) is 2.65. The normalized spacial score (nSPS) is 42.5. The van der Waals surface area contributed by atoms with Crippen LogP contribution in [0, 0.1) is 0 Å². The Labute approximate surface area is 153 Å². The smallest absolute Gasteiger partial charge is 0.231 e. The zero-order chi connectivity index (χ0) is 17.5. The molecule has 5 aliphatic rings. The SMILES string of the molecule is CO[C@H]1[C@H](OC)C[C@]23c4cc5c(cc4CCCN2CC[C@]32O[C@@H]12)OCO5. The summed E-state index contributed by atoms with van der Waals surface area (Å²) < 4.78 is 29.6. The molecule has 3 fully saturated rings. The topological polar surface area (TPSA) is 52.7 Å². The summed E-state index contributed by atoms with van der Waals surface area (Å²) in [5, 5.41) is 0. The van der Waals surface area contributed by atoms with Crippen LogP contribution in [0.3, 0.4) is 0 Å². The number of aryl methyl sites for hydroxylation is 1. The molecule has 2 saturated heterocycles. The van der Waals surface area contributed by atoms with Crippen molar-refractivity contribution in [2.45, 2.75) is 55.1 Å². The third kappa shape index (κ3) is 1.68. The molecule has 6 rings (SSSR count). The van der Waals surface area contributed by atoms with Gasteiger partial charge in [-0.1, -0.05) is 0 Å². The number of hydrogen-bond donors (Lipinski definition) is 0. The van der Waals surface area contributed by atoms with E-state index in [0.29, 0.717) is 6.79 Å². The first-order valence-corrected chi connectivity index (χ1v) is 9.65. The van der Waals surface area contributed by atoms with Crippen molar-refractivity contribution in [1.82, 2.24) is 4.90 Å². The first-order chi connectivity index (χ1) is 12.7. The number of methoxy groups -OCH3 is 2. The van der Waals surface area contributed by atoms with Crippen LogP contribution in [0.25, 0.3) is 0 Å². The summed E-state index contributed by atoms with van der Waals surface area (Å²) in [7, 11) is 3.56. The van der Waals surface area contributed by atoms with Crippen molar-refractivity contribution in [1.29, 1.82) is 0 Å². The van der Waals surface area contributed by atoms with E-state index in [9.17, 15) is 0 Å². The first-order valence-electron chi connectivity index (χ1n) is 9.65. The number of rotatable bonds is 2. The van der Waals surface area contributed by atoms with Gasteiger partial charge in [-0.2, -0.15) is 0 Å². The molecule has 26 heavy (non-hydrogen) atoms. The number of ether oxygens (including phenoxy) is 5. The maximum atomic E-state index is 6.50. The van der Waals surface area contributed by atoms with Crippen LogP contribution >= 0.6 is 0 Å². The minimum absolute atomic E-state index is 0.00582. The minimum Gasteiger partial charge on any atom is -0.454 e. The Kier molecular flexibility index (Phi) is 3.10. The van der Waals surface area contributed by atoms with E-state index in [1.807, 2.05) is 0 Å². The van der Waals surface area contributed by atoms with E-state index < -0.39 is 0 Å². The molecule has 2 spiro atoms. The predicted molar refractivity (Wildman–Crippen MR) is 92.6 cm³/mol. The molecule has 1 aliphatic carbocycles. The van der Waals surface area contributed by atoms with Gasteiger partial charge in [0.2, 0.25) is 6.79 Å². The molecule has 0 N–H and O–H groups in total. The van der Waals surface area contributed by atoms with Crippen LogP contribution in [-0.4, -0.2) is 62.9 Å². The van der Waals surface area contributed by atoms with Crippen LogP contribution < -0.4 is 9.47 Å². The van der Waals surface area contributed by atoms with Gasteiger partial charge in [0.05, 0.1) is 11.6 Å². The van der Waals surface area contributed by atoms with E-state index in [1.54, 1.807) is 14.2 Å². The fraction of sp³-hybridized carbons (Fsp3) is 0.700. The summed E-state index contributed by atoms with van der Waals surface area (Å²) in [6, 6.07) is 4.42. The highest BCUT2D eigenvalue weighted by Gasteiger charge is 2.80. The third-order valence-corrected chi connectivity index (χ3v) is 7.39. The molecule has 0 aromatic heterocycles. The number of fused-ring (bicyclic) bond motifs is 2. The molecule has 140 valence electrons. The van der Waals surface area contributed by atoms with E-state index in [1.165, 1.54) is 11.1 Å². The fourth-order valence-electron chi connectivity index (χ4n) is 6.27. The standard InChI is InChI=1S/C20H25NO5/c1-22-16-10-19-13-9-15-14(24-11-25-15)8-12(13)4-3-6-21(19)7-5-20(19)18(26-20)17(16)23-2/h8-9,16-18H,3-7,10-11H2,1-2H3/t16-,17+,18+,19-,20-/m1/s1. The highest BCUT2D eigenvalue weighted by Crippen LogP contribution is 2.67. The highest BCUT2D eigenvalue weighted by molar-refractivity contribution is 5.54. The molecule has 0 bridgehead atoms. The fourth-order valence-corrected chi connectivity index (χ4v) is 6.27. The van der Waals surface area contributed by atoms with E-state index in [-0.39, 0.29) is 29.5 Å². The number of epoxide rings is 1. The molecule has 4 aliphatic heterocycles. The first kappa shape index (κ1) is 15.7. The van der Waals surface area contributed by atoms with Crippen LogP contribution in [-0.2, 0) is 26.2 Å². The van der Waals surface area contributed by atoms with Crippen LogP contribution in [0.5, 0.6) is 11.5 Å². The van der Waals surface area contributed by atoms with Gasteiger partial charge in [0.1, 0.15) is 17.8 Å². The van der Waals surface area contributed by atoms with Gasteiger partial charge in [-0.25, -0.2) is 0 Å². The van der Waals surface area contributed by atoms with Gasteiger partial charge in [0.25, 0.3) is 0 Å². The van der Waals surface area contributed by atoms with Crippen molar-refractivity contribution in [2.75, 3.05) is 34.1 Å². The molecule has 0 amide bonds. The van der Waals surface area contributed by atoms with E-state index in [4.69, 9.17) is 23.7 Å². The zero-order valence-corrected chi connectivity index (χ0v) is 15.3. The lowest BCUT2D eigenvalue weighted by Gasteiger charge is -2.47. The monoisotopic (exact) mass is 359 g/mol. The Morgan fingerprint density at radius 2 is 1.96 bits per heavy atom. The third-order valence-electron chi connectivity index (χ3n) is 7.39. The Bertz CT molecular complexity index is 769. The molecule has 5 atom stereocenters.